The monoisotopic (exact) mass is 438 g/mol. The van der Waals surface area contributed by atoms with Crippen LogP contribution in [0, 0.1) is 6.92 Å². The van der Waals surface area contributed by atoms with Crippen LogP contribution in [0.3, 0.4) is 0 Å². The maximum absolute atomic E-state index is 12.6. The van der Waals surface area contributed by atoms with E-state index in [0.717, 1.165) is 5.56 Å². The maximum Gasteiger partial charge on any atom is 0.252 e. The van der Waals surface area contributed by atoms with Crippen molar-refractivity contribution in [1.82, 2.24) is 15.0 Å². The third-order valence-corrected chi connectivity index (χ3v) is 5.83. The van der Waals surface area contributed by atoms with Crippen molar-refractivity contribution in [3.8, 4) is 0 Å². The summed E-state index contributed by atoms with van der Waals surface area (Å²) >= 11 is 0. The molecule has 0 aliphatic carbocycles. The number of benzene rings is 2. The smallest absolute Gasteiger partial charge is 0.252 e. The number of rotatable bonds is 8. The number of hydrogen-bond donors (Lipinski definition) is 3. The van der Waals surface area contributed by atoms with Crippen molar-refractivity contribution in [3.63, 3.8) is 0 Å². The van der Waals surface area contributed by atoms with Crippen molar-refractivity contribution in [2.24, 2.45) is 0 Å². The van der Waals surface area contributed by atoms with E-state index in [-0.39, 0.29) is 23.5 Å². The number of pyridine rings is 1. The minimum Gasteiger partial charge on any atom is -0.343 e. The first-order chi connectivity index (χ1) is 14.8. The quantitative estimate of drug-likeness (QED) is 0.499. The normalized spacial score (nSPS) is 11.0. The lowest BCUT2D eigenvalue weighted by Gasteiger charge is -2.11. The third kappa shape index (κ3) is 6.21. The Kier molecular flexibility index (Phi) is 7.11. The van der Waals surface area contributed by atoms with Gasteiger partial charge in [0.05, 0.1) is 23.3 Å². The predicted molar refractivity (Wildman–Crippen MR) is 117 cm³/mol. The van der Waals surface area contributed by atoms with Crippen molar-refractivity contribution < 1.29 is 18.0 Å². The molecule has 3 aromatic rings. The fraction of sp³-hybridized carbons (Fsp3) is 0.136. The highest BCUT2D eigenvalue weighted by molar-refractivity contribution is 7.89. The van der Waals surface area contributed by atoms with Crippen LogP contribution < -0.4 is 15.4 Å². The maximum atomic E-state index is 12.6. The number of hydrogen-bond acceptors (Lipinski definition) is 5. The van der Waals surface area contributed by atoms with Crippen LogP contribution >= 0.6 is 0 Å². The lowest BCUT2D eigenvalue weighted by atomic mass is 10.1. The summed E-state index contributed by atoms with van der Waals surface area (Å²) in [6.45, 7) is 1.56. The summed E-state index contributed by atoms with van der Waals surface area (Å²) in [5, 5.41) is 5.12. The Bertz CT molecular complexity index is 1170. The molecule has 0 atom stereocenters. The van der Waals surface area contributed by atoms with E-state index in [1.165, 1.54) is 18.3 Å². The van der Waals surface area contributed by atoms with Crippen LogP contribution in [0.1, 0.15) is 21.5 Å². The molecule has 9 heteroatoms. The van der Waals surface area contributed by atoms with Gasteiger partial charge < -0.3 is 10.6 Å². The van der Waals surface area contributed by atoms with Crippen LogP contribution in [0.25, 0.3) is 0 Å². The fourth-order valence-corrected chi connectivity index (χ4v) is 3.81. The molecular formula is C22H22N4O4S. The van der Waals surface area contributed by atoms with Crippen molar-refractivity contribution in [2.75, 3.05) is 11.9 Å². The molecule has 2 amide bonds. The van der Waals surface area contributed by atoms with E-state index in [1.807, 2.05) is 30.3 Å². The Hall–Kier alpha value is -3.56. The molecule has 3 N–H and O–H groups in total. The summed E-state index contributed by atoms with van der Waals surface area (Å²) in [6, 6.07) is 16.8. The van der Waals surface area contributed by atoms with Crippen molar-refractivity contribution in [2.45, 2.75) is 18.4 Å². The molecule has 160 valence electrons. The van der Waals surface area contributed by atoms with Gasteiger partial charge in [0.1, 0.15) is 0 Å². The number of amides is 2. The van der Waals surface area contributed by atoms with Crippen molar-refractivity contribution in [3.05, 3.63) is 89.7 Å². The number of nitrogens with zero attached hydrogens (tertiary/aromatic N) is 1. The van der Waals surface area contributed by atoms with E-state index in [0.29, 0.717) is 11.3 Å². The number of aromatic nitrogens is 1. The zero-order valence-corrected chi connectivity index (χ0v) is 17.6. The van der Waals surface area contributed by atoms with Gasteiger partial charge in [0.15, 0.2) is 0 Å². The van der Waals surface area contributed by atoms with Gasteiger partial charge in [-0.25, -0.2) is 13.1 Å². The molecule has 0 fully saturated rings. The Balaban J connectivity index is 1.65. The Morgan fingerprint density at radius 3 is 2.48 bits per heavy atom. The van der Waals surface area contributed by atoms with Gasteiger partial charge in [0.25, 0.3) is 5.91 Å². The van der Waals surface area contributed by atoms with Gasteiger partial charge in [-0.15, -0.1) is 0 Å². The first kappa shape index (κ1) is 22.1. The molecular weight excluding hydrogens is 416 g/mol. The molecule has 0 radical (unpaired) electrons. The number of carbonyl (C=O) groups excluding carboxylic acids is 2. The van der Waals surface area contributed by atoms with E-state index in [1.54, 1.807) is 31.3 Å². The van der Waals surface area contributed by atoms with E-state index in [4.69, 9.17) is 0 Å². The van der Waals surface area contributed by atoms with Crippen molar-refractivity contribution in [1.29, 1.82) is 0 Å². The van der Waals surface area contributed by atoms with Gasteiger partial charge in [0, 0.05) is 18.3 Å². The molecule has 1 aromatic heterocycles. The lowest BCUT2D eigenvalue weighted by Crippen LogP contribution is -2.33. The summed E-state index contributed by atoms with van der Waals surface area (Å²) in [5.41, 5.74) is 2.09. The second-order valence-electron chi connectivity index (χ2n) is 6.76. The largest absolute Gasteiger partial charge is 0.343 e. The van der Waals surface area contributed by atoms with Crippen molar-refractivity contribution >= 4 is 27.5 Å². The summed E-state index contributed by atoms with van der Waals surface area (Å²) in [5.74, 6) is -0.966. The number of sulfonamides is 1. The first-order valence-electron chi connectivity index (χ1n) is 9.47. The van der Waals surface area contributed by atoms with E-state index < -0.39 is 21.8 Å². The topological polar surface area (TPSA) is 117 Å². The van der Waals surface area contributed by atoms with Gasteiger partial charge in [-0.2, -0.15) is 0 Å². The molecule has 0 unspecified atom stereocenters. The highest BCUT2D eigenvalue weighted by Crippen LogP contribution is 2.16. The zero-order valence-electron chi connectivity index (χ0n) is 16.8. The SMILES string of the molecule is Cc1ccc(S(=O)(=O)NCc2ccccc2)cc1C(=O)NCC(=O)Nc1cccnc1. The van der Waals surface area contributed by atoms with Crippen LogP contribution in [0.15, 0.2) is 78.0 Å². The van der Waals surface area contributed by atoms with Gasteiger partial charge >= 0.3 is 0 Å². The molecule has 0 spiro atoms. The fourth-order valence-electron chi connectivity index (χ4n) is 2.77. The number of anilines is 1. The number of aryl methyl sites for hydroxylation is 1. The minimum absolute atomic E-state index is 0.0287. The Morgan fingerprint density at radius 2 is 1.77 bits per heavy atom. The molecule has 0 bridgehead atoms. The van der Waals surface area contributed by atoms with E-state index in [9.17, 15) is 18.0 Å². The molecule has 8 nitrogen and oxygen atoms in total. The first-order valence-corrected chi connectivity index (χ1v) is 11.0. The third-order valence-electron chi connectivity index (χ3n) is 4.43. The van der Waals surface area contributed by atoms with E-state index >= 15 is 0 Å². The molecule has 31 heavy (non-hydrogen) atoms. The van der Waals surface area contributed by atoms with Gasteiger partial charge in [0.2, 0.25) is 15.9 Å². The minimum atomic E-state index is -3.82. The molecule has 1 heterocycles. The second-order valence-corrected chi connectivity index (χ2v) is 8.53. The predicted octanol–water partition coefficient (Wildman–Crippen LogP) is 2.24. The zero-order chi connectivity index (χ0) is 22.3. The van der Waals surface area contributed by atoms with E-state index in [2.05, 4.69) is 20.3 Å². The molecule has 0 aliphatic rings. The summed E-state index contributed by atoms with van der Waals surface area (Å²) in [7, 11) is -3.82. The number of carbonyl (C=O) groups is 2. The second kappa shape index (κ2) is 9.96. The molecule has 2 aromatic carbocycles. The average Bonchev–Trinajstić information content (AvgIpc) is 2.78. The summed E-state index contributed by atoms with van der Waals surface area (Å²) in [4.78, 5) is 28.4. The summed E-state index contributed by atoms with van der Waals surface area (Å²) in [6.07, 6.45) is 3.07. The van der Waals surface area contributed by atoms with Crippen LogP contribution in [0.4, 0.5) is 5.69 Å². The Labute approximate surface area is 180 Å². The van der Waals surface area contributed by atoms with Gasteiger partial charge in [-0.05, 0) is 42.3 Å². The summed E-state index contributed by atoms with van der Waals surface area (Å²) < 4.78 is 27.8. The molecule has 0 aliphatic heterocycles. The molecule has 0 saturated carbocycles. The van der Waals surface area contributed by atoms with Crippen LogP contribution in [0.5, 0.6) is 0 Å². The highest BCUT2D eigenvalue weighted by Gasteiger charge is 2.18. The average molecular weight is 439 g/mol. The lowest BCUT2D eigenvalue weighted by molar-refractivity contribution is -0.115. The molecule has 0 saturated heterocycles. The van der Waals surface area contributed by atoms with Crippen LogP contribution in [-0.4, -0.2) is 31.8 Å². The van der Waals surface area contributed by atoms with Crippen LogP contribution in [0.2, 0.25) is 0 Å². The number of nitrogens with one attached hydrogen (secondary N) is 3. The Morgan fingerprint density at radius 1 is 1.00 bits per heavy atom. The van der Waals surface area contributed by atoms with Crippen LogP contribution in [-0.2, 0) is 21.4 Å². The highest BCUT2D eigenvalue weighted by atomic mass is 32.2. The molecule has 3 rings (SSSR count). The van der Waals surface area contributed by atoms with Gasteiger partial charge in [-0.3, -0.25) is 14.6 Å². The van der Waals surface area contributed by atoms with Gasteiger partial charge in [-0.1, -0.05) is 36.4 Å². The standard InChI is InChI=1S/C22H22N4O4S/c1-16-9-10-19(31(29,30)25-13-17-6-3-2-4-7-17)12-20(16)22(28)24-15-21(27)26-18-8-5-11-23-14-18/h2-12,14,25H,13,15H2,1H3,(H,24,28)(H,26,27).